The zero-order valence-electron chi connectivity index (χ0n) is 23.0. The average molecular weight is 565 g/mol. The molecular formula is C29H31F3N8O. The fraction of sp³-hybridized carbons (Fsp3) is 0.345. The van der Waals surface area contributed by atoms with Crippen LogP contribution in [-0.2, 0) is 12.6 Å². The highest BCUT2D eigenvalue weighted by Crippen LogP contribution is 2.31. The maximum atomic E-state index is 13.1. The first kappa shape index (κ1) is 28.2. The predicted octanol–water partition coefficient (Wildman–Crippen LogP) is 5.03. The van der Waals surface area contributed by atoms with Crippen LogP contribution >= 0.6 is 0 Å². The van der Waals surface area contributed by atoms with Crippen LogP contribution in [0.5, 0.6) is 0 Å². The van der Waals surface area contributed by atoms with Gasteiger partial charge in [-0.25, -0.2) is 15.0 Å². The summed E-state index contributed by atoms with van der Waals surface area (Å²) in [7, 11) is 0. The highest BCUT2D eigenvalue weighted by molar-refractivity contribution is 5.98. The molecule has 9 nitrogen and oxygen atoms in total. The van der Waals surface area contributed by atoms with E-state index in [1.807, 2.05) is 13.0 Å². The Bertz CT molecular complexity index is 1580. The minimum atomic E-state index is -4.52. The highest BCUT2D eigenvalue weighted by Gasteiger charge is 2.31. The fourth-order valence-electron chi connectivity index (χ4n) is 4.83. The van der Waals surface area contributed by atoms with Gasteiger partial charge in [0.1, 0.15) is 17.4 Å². The van der Waals surface area contributed by atoms with Gasteiger partial charge in [-0.3, -0.25) is 9.69 Å². The second-order valence-electron chi connectivity index (χ2n) is 10.4. The molecule has 12 heteroatoms. The number of alkyl halides is 3. The number of aromatic nitrogens is 4. The molecule has 0 bridgehead atoms. The average Bonchev–Trinajstić information content (AvgIpc) is 2.95. The van der Waals surface area contributed by atoms with Crippen molar-refractivity contribution in [1.82, 2.24) is 24.8 Å². The summed E-state index contributed by atoms with van der Waals surface area (Å²) in [5, 5.41) is 3.29. The molecule has 0 unspecified atom stereocenters. The molecule has 4 aromatic rings. The van der Waals surface area contributed by atoms with Gasteiger partial charge < -0.3 is 16.0 Å². The van der Waals surface area contributed by atoms with Crippen molar-refractivity contribution in [3.63, 3.8) is 0 Å². The van der Waals surface area contributed by atoms with Gasteiger partial charge >= 0.3 is 6.18 Å². The molecule has 0 amide bonds. The molecule has 2 aromatic heterocycles. The molecule has 0 saturated carbocycles. The van der Waals surface area contributed by atoms with Gasteiger partial charge in [-0.15, -0.1) is 0 Å². The molecule has 214 valence electrons. The normalized spacial score (nSPS) is 14.6. The zero-order valence-corrected chi connectivity index (χ0v) is 23.0. The van der Waals surface area contributed by atoms with Gasteiger partial charge in [-0.05, 0) is 50.1 Å². The van der Waals surface area contributed by atoms with Gasteiger partial charge in [0.05, 0.1) is 5.56 Å². The Morgan fingerprint density at radius 2 is 1.78 bits per heavy atom. The van der Waals surface area contributed by atoms with Crippen molar-refractivity contribution in [3.05, 3.63) is 71.0 Å². The Labute approximate surface area is 235 Å². The van der Waals surface area contributed by atoms with Crippen molar-refractivity contribution in [2.24, 2.45) is 0 Å². The third kappa shape index (κ3) is 6.22. The van der Waals surface area contributed by atoms with E-state index in [9.17, 15) is 18.0 Å². The second kappa shape index (κ2) is 11.3. The number of piperazine rings is 1. The second-order valence-corrected chi connectivity index (χ2v) is 10.4. The van der Waals surface area contributed by atoms with Crippen LogP contribution in [-0.4, -0.2) is 62.8 Å². The first-order chi connectivity index (χ1) is 19.5. The molecule has 2 aromatic carbocycles. The maximum absolute atomic E-state index is 13.1. The maximum Gasteiger partial charge on any atom is 0.416 e. The van der Waals surface area contributed by atoms with E-state index in [-0.39, 0.29) is 17.8 Å². The summed E-state index contributed by atoms with van der Waals surface area (Å²) in [6.45, 7) is 9.55. The molecule has 3 heterocycles. The lowest BCUT2D eigenvalue weighted by atomic mass is 9.99. The molecule has 1 fully saturated rings. The molecule has 0 spiro atoms. The minimum Gasteiger partial charge on any atom is -0.382 e. The van der Waals surface area contributed by atoms with Crippen LogP contribution < -0.4 is 16.0 Å². The summed E-state index contributed by atoms with van der Waals surface area (Å²) >= 11 is 0. The van der Waals surface area contributed by atoms with E-state index in [1.54, 1.807) is 12.1 Å². The van der Waals surface area contributed by atoms with Crippen molar-refractivity contribution < 1.29 is 18.0 Å². The Morgan fingerprint density at radius 1 is 1.02 bits per heavy atom. The van der Waals surface area contributed by atoms with Crippen LogP contribution in [0.15, 0.2) is 48.8 Å². The highest BCUT2D eigenvalue weighted by atomic mass is 19.4. The van der Waals surface area contributed by atoms with Crippen molar-refractivity contribution >= 4 is 40.1 Å². The molecule has 5 rings (SSSR count). The van der Waals surface area contributed by atoms with E-state index < -0.39 is 17.5 Å². The Hall–Kier alpha value is -4.32. The standard InChI is InChI=1S/C29H31F3N8O/c1-17(2)39-9-11-40(12-10-39)28-37-25-24(26(33)38-28)34-16-35-27(25)36-22-13-19(8-7-18(22)3)14-23(41)20-5-4-6-21(15-20)29(30,31)32/h4-8,13,15-17H,9-12,14H2,1-3H3,(H2,33,37,38)(H,34,35,36). The zero-order chi connectivity index (χ0) is 29.3. The van der Waals surface area contributed by atoms with Crippen molar-refractivity contribution in [2.75, 3.05) is 42.1 Å². The lowest BCUT2D eigenvalue weighted by molar-refractivity contribution is -0.137. The largest absolute Gasteiger partial charge is 0.416 e. The number of nitrogens with one attached hydrogen (secondary N) is 1. The van der Waals surface area contributed by atoms with Gasteiger partial charge in [-0.2, -0.15) is 18.2 Å². The number of nitrogen functional groups attached to an aromatic ring is 1. The Kier molecular flexibility index (Phi) is 7.76. The molecule has 3 N–H and O–H groups in total. The van der Waals surface area contributed by atoms with Crippen molar-refractivity contribution in [2.45, 2.75) is 39.4 Å². The number of Topliss-reactive ketones (excluding diaryl/α,β-unsaturated/α-hetero) is 1. The number of rotatable bonds is 7. The smallest absolute Gasteiger partial charge is 0.382 e. The van der Waals surface area contributed by atoms with Crippen LogP contribution in [0.3, 0.4) is 0 Å². The van der Waals surface area contributed by atoms with Gasteiger partial charge in [0.25, 0.3) is 0 Å². The number of ketones is 1. The number of nitrogens with two attached hydrogens (primary N) is 1. The Morgan fingerprint density at radius 3 is 2.49 bits per heavy atom. The SMILES string of the molecule is Cc1ccc(CC(=O)c2cccc(C(F)(F)F)c2)cc1Nc1ncnc2c(N)nc(N3CCN(C(C)C)CC3)nc12. The number of halogens is 3. The molecule has 0 radical (unpaired) electrons. The van der Waals surface area contributed by atoms with E-state index in [1.165, 1.54) is 18.5 Å². The molecule has 1 aliphatic rings. The molecule has 0 atom stereocenters. The van der Waals surface area contributed by atoms with Crippen LogP contribution in [0.2, 0.25) is 0 Å². The van der Waals surface area contributed by atoms with Crippen LogP contribution in [0.25, 0.3) is 11.0 Å². The number of nitrogens with zero attached hydrogens (tertiary/aromatic N) is 6. The van der Waals surface area contributed by atoms with E-state index in [0.29, 0.717) is 40.1 Å². The van der Waals surface area contributed by atoms with Gasteiger partial charge in [-0.1, -0.05) is 24.3 Å². The molecule has 1 saturated heterocycles. The van der Waals surface area contributed by atoms with Gasteiger partial charge in [0.2, 0.25) is 5.95 Å². The fourth-order valence-corrected chi connectivity index (χ4v) is 4.83. The van der Waals surface area contributed by atoms with E-state index in [4.69, 9.17) is 10.7 Å². The summed E-state index contributed by atoms with van der Waals surface area (Å²) < 4.78 is 39.4. The number of carbonyl (C=O) groups is 1. The number of hydrogen-bond donors (Lipinski definition) is 2. The summed E-state index contributed by atoms with van der Waals surface area (Å²) in [6, 6.07) is 10.3. The quantitative estimate of drug-likeness (QED) is 0.299. The monoisotopic (exact) mass is 564 g/mol. The number of anilines is 4. The van der Waals surface area contributed by atoms with E-state index in [0.717, 1.165) is 43.9 Å². The van der Waals surface area contributed by atoms with Crippen LogP contribution in [0, 0.1) is 6.92 Å². The van der Waals surface area contributed by atoms with Crippen molar-refractivity contribution in [3.8, 4) is 0 Å². The topological polar surface area (TPSA) is 113 Å². The third-order valence-electron chi connectivity index (χ3n) is 7.26. The first-order valence-corrected chi connectivity index (χ1v) is 13.3. The predicted molar refractivity (Wildman–Crippen MR) is 152 cm³/mol. The summed E-state index contributed by atoms with van der Waals surface area (Å²) in [5.74, 6) is 0.768. The number of hydrogen-bond acceptors (Lipinski definition) is 9. The molecule has 0 aliphatic carbocycles. The first-order valence-electron chi connectivity index (χ1n) is 13.3. The number of carbonyl (C=O) groups excluding carboxylic acids is 1. The summed E-state index contributed by atoms with van der Waals surface area (Å²) in [6.07, 6.45) is -3.21. The number of fused-ring (bicyclic) bond motifs is 1. The lowest BCUT2D eigenvalue weighted by Gasteiger charge is -2.37. The van der Waals surface area contributed by atoms with Gasteiger partial charge in [0, 0.05) is 49.9 Å². The van der Waals surface area contributed by atoms with E-state index >= 15 is 0 Å². The molecular weight excluding hydrogens is 533 g/mol. The number of aryl methyl sites for hydroxylation is 1. The third-order valence-corrected chi connectivity index (χ3v) is 7.26. The van der Waals surface area contributed by atoms with E-state index in [2.05, 4.69) is 43.9 Å². The number of benzene rings is 2. The minimum absolute atomic E-state index is 0.00522. The van der Waals surface area contributed by atoms with Crippen molar-refractivity contribution in [1.29, 1.82) is 0 Å². The summed E-state index contributed by atoms with van der Waals surface area (Å²) in [5.41, 5.74) is 8.50. The van der Waals surface area contributed by atoms with Crippen LogP contribution in [0.4, 0.5) is 36.4 Å². The lowest BCUT2D eigenvalue weighted by Crippen LogP contribution is -2.49. The van der Waals surface area contributed by atoms with Gasteiger partial charge in [0.15, 0.2) is 17.4 Å². The van der Waals surface area contributed by atoms with Crippen LogP contribution in [0.1, 0.15) is 40.9 Å². The Balaban J connectivity index is 1.40. The molecule has 1 aliphatic heterocycles. The summed E-state index contributed by atoms with van der Waals surface area (Å²) in [4.78, 5) is 35.3. The molecule has 41 heavy (non-hydrogen) atoms.